The minimum atomic E-state index is -1.75. The summed E-state index contributed by atoms with van der Waals surface area (Å²) in [5, 5.41) is 56.2. The van der Waals surface area contributed by atoms with Gasteiger partial charge in [0.25, 0.3) is 0 Å². The smallest absolute Gasteiger partial charge is 0.356 e. The van der Waals surface area contributed by atoms with Crippen molar-refractivity contribution >= 4 is 0 Å². The summed E-state index contributed by atoms with van der Waals surface area (Å²) in [6.45, 7) is 0. The summed E-state index contributed by atoms with van der Waals surface area (Å²) in [5.41, 5.74) is 0. The van der Waals surface area contributed by atoms with Gasteiger partial charge in [-0.3, -0.25) is 10.5 Å². The Hall–Kier alpha value is -1.96. The minimum Gasteiger partial charge on any atom is -0.356 e. The largest absolute Gasteiger partial charge is 3.00 e. The maximum atomic E-state index is 8.25. The normalized spacial score (nSPS) is 5.20. The van der Waals surface area contributed by atoms with Gasteiger partial charge in [0.1, 0.15) is 0 Å². The maximum Gasteiger partial charge on any atom is 3.00 e. The molecule has 0 aliphatic rings. The van der Waals surface area contributed by atoms with Crippen molar-refractivity contribution in [2.24, 2.45) is 0 Å². The molecule has 0 aliphatic heterocycles. The molecule has 15 heteroatoms. The summed E-state index contributed by atoms with van der Waals surface area (Å²) >= 11 is 0. The molecular formula is H2FeN3O11. The Labute approximate surface area is 89.7 Å². The van der Waals surface area contributed by atoms with Crippen molar-refractivity contribution in [3.63, 3.8) is 0 Å². The first-order chi connectivity index (χ1) is 6.20. The first-order valence-electron chi connectivity index (χ1n) is 1.84. The van der Waals surface area contributed by atoms with Crippen LogP contribution in [0.5, 0.6) is 0 Å². The molecule has 91 valence electrons. The summed E-state index contributed by atoms with van der Waals surface area (Å²) in [4.78, 5) is 24.8. The molecule has 0 aromatic rings. The molecule has 0 spiro atoms. The minimum absolute atomic E-state index is 0. The van der Waals surface area contributed by atoms with Gasteiger partial charge in [-0.1, -0.05) is 0 Å². The van der Waals surface area contributed by atoms with Crippen LogP contribution in [0.2, 0.25) is 0 Å². The van der Waals surface area contributed by atoms with Crippen LogP contribution < -0.4 is 0 Å². The molecule has 0 atom stereocenters. The molecule has 0 aliphatic carbocycles. The first kappa shape index (κ1) is 29.2. The van der Waals surface area contributed by atoms with Crippen molar-refractivity contribution in [3.05, 3.63) is 46.0 Å². The van der Waals surface area contributed by atoms with E-state index in [4.69, 9.17) is 56.5 Å². The molecule has 0 bridgehead atoms. The van der Waals surface area contributed by atoms with E-state index in [1.165, 1.54) is 0 Å². The van der Waals surface area contributed by atoms with E-state index in [0.717, 1.165) is 0 Å². The molecule has 1 radical (unpaired) electrons. The molecule has 0 unspecified atom stereocenters. The molecule has 15 heavy (non-hydrogen) atoms. The monoisotopic (exact) mass is 276 g/mol. The van der Waals surface area contributed by atoms with Gasteiger partial charge in [0.05, 0.1) is 15.3 Å². The van der Waals surface area contributed by atoms with Crippen molar-refractivity contribution in [3.8, 4) is 0 Å². The average molecular weight is 276 g/mol. The second-order valence-electron chi connectivity index (χ2n) is 0.671. The number of nitrogens with zero attached hydrogens (tertiary/aromatic N) is 3. The van der Waals surface area contributed by atoms with Crippen molar-refractivity contribution in [2.75, 3.05) is 0 Å². The van der Waals surface area contributed by atoms with Crippen LogP contribution in [0.25, 0.3) is 0 Å². The van der Waals surface area contributed by atoms with E-state index in [0.29, 0.717) is 0 Å². The van der Waals surface area contributed by atoms with Gasteiger partial charge in [-0.05, 0) is 0 Å². The molecule has 14 nitrogen and oxygen atoms in total. The van der Waals surface area contributed by atoms with Crippen molar-refractivity contribution in [1.82, 2.24) is 0 Å². The van der Waals surface area contributed by atoms with Gasteiger partial charge in [-0.2, -0.15) is 0 Å². The van der Waals surface area contributed by atoms with Crippen LogP contribution in [0, 0.1) is 46.0 Å². The van der Waals surface area contributed by atoms with Crippen LogP contribution in [0.3, 0.4) is 0 Å². The number of rotatable bonds is 0. The van der Waals surface area contributed by atoms with E-state index in [1.54, 1.807) is 0 Å². The van der Waals surface area contributed by atoms with Crippen LogP contribution in [0.15, 0.2) is 0 Å². The predicted molar refractivity (Wildman–Crippen MR) is 36.3 cm³/mol. The quantitative estimate of drug-likeness (QED) is 0.242. The topological polar surface area (TPSA) is 239 Å². The molecule has 2 N–H and O–H groups in total. The number of hydrogen-bond donors (Lipinski definition) is 2. The zero-order chi connectivity index (χ0) is 12.7. The standard InChI is InChI=1S/Fe.3NO3.H2O2/c;3*2-1(3)4;1-2/h;;;;1-2H/q+3;3*-1;. The molecule has 0 saturated carbocycles. The van der Waals surface area contributed by atoms with Crippen LogP contribution in [-0.2, 0) is 17.1 Å². The summed E-state index contributed by atoms with van der Waals surface area (Å²) in [6.07, 6.45) is 0. The first-order valence-corrected chi connectivity index (χ1v) is 1.84. The number of hydrogen-bond acceptors (Lipinski definition) is 11. The fourth-order valence-corrected chi connectivity index (χ4v) is 0. The summed E-state index contributed by atoms with van der Waals surface area (Å²) in [7, 11) is 0. The van der Waals surface area contributed by atoms with E-state index in [9.17, 15) is 0 Å². The van der Waals surface area contributed by atoms with Gasteiger partial charge >= 0.3 is 17.1 Å². The molecule has 0 fully saturated rings. The van der Waals surface area contributed by atoms with Crippen LogP contribution in [0.1, 0.15) is 0 Å². The second kappa shape index (κ2) is 29.6. The Kier molecular flexibility index (Phi) is 57.7. The molecule has 0 saturated heterocycles. The predicted octanol–water partition coefficient (Wildman–Crippen LogP) is -0.702. The van der Waals surface area contributed by atoms with Gasteiger partial charge in [0.2, 0.25) is 0 Å². The molecule has 0 aromatic carbocycles. The fraction of sp³-hybridized carbons (Fsp3) is 0. The van der Waals surface area contributed by atoms with Gasteiger partial charge < -0.3 is 46.0 Å². The third-order valence-corrected chi connectivity index (χ3v) is 0. The SMILES string of the molecule is O=[N+]([O-])[O-].O=[N+]([O-])[O-].O=[N+]([O-])[O-].OO.[Fe+3]. The third kappa shape index (κ3) is 316. The van der Waals surface area contributed by atoms with E-state index in [2.05, 4.69) is 0 Å². The molecule has 0 aromatic heterocycles. The van der Waals surface area contributed by atoms with E-state index >= 15 is 0 Å². The maximum absolute atomic E-state index is 8.25. The van der Waals surface area contributed by atoms with Gasteiger partial charge in [0.15, 0.2) is 0 Å². The Bertz CT molecular complexity index is 113. The van der Waals surface area contributed by atoms with Crippen LogP contribution in [-0.4, -0.2) is 25.8 Å². The Morgan fingerprint density at radius 3 is 0.600 bits per heavy atom. The average Bonchev–Trinajstić information content (AvgIpc) is 1.86. The fourth-order valence-electron chi connectivity index (χ4n) is 0. The van der Waals surface area contributed by atoms with Crippen molar-refractivity contribution in [2.45, 2.75) is 0 Å². The van der Waals surface area contributed by atoms with Crippen LogP contribution >= 0.6 is 0 Å². The summed E-state index contributed by atoms with van der Waals surface area (Å²) in [5.74, 6) is 0. The zero-order valence-electron chi connectivity index (χ0n) is 6.26. The Morgan fingerprint density at radius 1 is 0.600 bits per heavy atom. The second-order valence-corrected chi connectivity index (χ2v) is 0.671. The van der Waals surface area contributed by atoms with Gasteiger partial charge in [-0.15, -0.1) is 0 Å². The summed E-state index contributed by atoms with van der Waals surface area (Å²) < 4.78 is 0. The van der Waals surface area contributed by atoms with Gasteiger partial charge in [-0.25, -0.2) is 0 Å². The Balaban J connectivity index is -0.0000000298. The van der Waals surface area contributed by atoms with E-state index in [-0.39, 0.29) is 17.1 Å². The summed E-state index contributed by atoms with van der Waals surface area (Å²) in [6, 6.07) is 0. The zero-order valence-corrected chi connectivity index (χ0v) is 7.37. The third-order valence-electron chi connectivity index (χ3n) is 0. The molecule has 0 amide bonds. The molecular weight excluding hydrogens is 274 g/mol. The molecule has 0 heterocycles. The van der Waals surface area contributed by atoms with Crippen molar-refractivity contribution < 1.29 is 42.8 Å². The Morgan fingerprint density at radius 2 is 0.600 bits per heavy atom. The molecule has 0 rings (SSSR count). The van der Waals surface area contributed by atoms with Crippen molar-refractivity contribution in [1.29, 1.82) is 0 Å². The van der Waals surface area contributed by atoms with Gasteiger partial charge in [0, 0.05) is 0 Å². The van der Waals surface area contributed by atoms with E-state index in [1.807, 2.05) is 0 Å². The van der Waals surface area contributed by atoms with E-state index < -0.39 is 15.3 Å². The van der Waals surface area contributed by atoms with Crippen LogP contribution in [0.4, 0.5) is 0 Å².